The number of fused-ring (bicyclic) bond motifs is 1. The molecule has 7 nitrogen and oxygen atoms in total. The highest BCUT2D eigenvalue weighted by atomic mass is 19.1. The minimum atomic E-state index is -1.18. The smallest absolute Gasteiger partial charge is 0.331 e. The second kappa shape index (κ2) is 8.97. The van der Waals surface area contributed by atoms with Crippen LogP contribution >= 0.6 is 0 Å². The lowest BCUT2D eigenvalue weighted by Gasteiger charge is -2.32. The average molecular weight is 390 g/mol. The molecule has 0 spiro atoms. The van der Waals surface area contributed by atoms with Gasteiger partial charge in [0.15, 0.2) is 5.58 Å². The van der Waals surface area contributed by atoms with Crippen molar-refractivity contribution in [2.75, 3.05) is 26.2 Å². The van der Waals surface area contributed by atoms with Crippen LogP contribution in [0.1, 0.15) is 31.4 Å². The molecule has 150 valence electrons. The molecule has 3 rings (SSSR count). The van der Waals surface area contributed by atoms with Crippen molar-refractivity contribution in [2.24, 2.45) is 5.92 Å². The molecule has 1 aromatic heterocycles. The molecule has 1 aliphatic rings. The van der Waals surface area contributed by atoms with Crippen molar-refractivity contribution in [3.8, 4) is 0 Å². The number of piperidine rings is 1. The molecule has 1 saturated heterocycles. The van der Waals surface area contributed by atoms with Crippen LogP contribution in [0.3, 0.4) is 0 Å². The highest BCUT2D eigenvalue weighted by Gasteiger charge is 2.26. The second-order valence-electron chi connectivity index (χ2n) is 7.19. The van der Waals surface area contributed by atoms with E-state index in [-0.39, 0.29) is 24.3 Å². The van der Waals surface area contributed by atoms with Crippen molar-refractivity contribution in [3.05, 3.63) is 41.9 Å². The zero-order valence-corrected chi connectivity index (χ0v) is 15.6. The van der Waals surface area contributed by atoms with Crippen LogP contribution < -0.4 is 0 Å². The van der Waals surface area contributed by atoms with Gasteiger partial charge in [0.25, 0.3) is 0 Å². The largest absolute Gasteiger partial charge is 0.478 e. The Morgan fingerprint density at radius 1 is 1.39 bits per heavy atom. The minimum Gasteiger partial charge on any atom is -0.478 e. The van der Waals surface area contributed by atoms with Crippen LogP contribution in [0.25, 0.3) is 11.0 Å². The molecule has 0 bridgehead atoms. The van der Waals surface area contributed by atoms with E-state index in [2.05, 4.69) is 10.1 Å². The maximum Gasteiger partial charge on any atom is 0.331 e. The number of ether oxygens (including phenoxy) is 1. The zero-order chi connectivity index (χ0) is 20.1. The molecule has 1 fully saturated rings. The molecule has 1 aliphatic heterocycles. The predicted molar refractivity (Wildman–Crippen MR) is 99.3 cm³/mol. The molecule has 2 aromatic rings. The molecule has 0 unspecified atom stereocenters. The van der Waals surface area contributed by atoms with E-state index >= 15 is 0 Å². The number of halogens is 1. The first kappa shape index (κ1) is 20.0. The van der Waals surface area contributed by atoms with Crippen molar-refractivity contribution < 1.29 is 28.3 Å². The van der Waals surface area contributed by atoms with Gasteiger partial charge < -0.3 is 19.3 Å². The van der Waals surface area contributed by atoms with E-state index in [0.29, 0.717) is 5.58 Å². The number of rotatable bonds is 7. The van der Waals surface area contributed by atoms with Gasteiger partial charge in [-0.05, 0) is 38.1 Å². The Labute approximate surface area is 161 Å². The third-order valence-electron chi connectivity index (χ3n) is 4.88. The Morgan fingerprint density at radius 2 is 2.14 bits per heavy atom. The van der Waals surface area contributed by atoms with Crippen molar-refractivity contribution in [3.63, 3.8) is 0 Å². The quantitative estimate of drug-likeness (QED) is 0.574. The molecule has 1 aromatic carbocycles. The number of benzene rings is 1. The maximum absolute atomic E-state index is 13.3. The van der Waals surface area contributed by atoms with Crippen molar-refractivity contribution >= 4 is 22.9 Å². The summed E-state index contributed by atoms with van der Waals surface area (Å²) in [7, 11) is 0. The zero-order valence-electron chi connectivity index (χ0n) is 15.6. The van der Waals surface area contributed by atoms with Gasteiger partial charge in [0, 0.05) is 42.0 Å². The van der Waals surface area contributed by atoms with Gasteiger partial charge in [-0.3, -0.25) is 0 Å². The third kappa shape index (κ3) is 5.16. The molecule has 8 heteroatoms. The standard InChI is InChI=1S/C20H23FN2O5/c1-13(12-27-19(26)5-4-18(24)25)11-23-8-6-14(7-9-23)20-16-3-2-15(21)10-17(16)28-22-20/h2-5,10,13-14H,6-9,11-12H2,1H3,(H,24,25)/b5-4+/t13-/m1/s1. The van der Waals surface area contributed by atoms with Crippen molar-refractivity contribution in [1.82, 2.24) is 10.1 Å². The van der Waals surface area contributed by atoms with Crippen LogP contribution in [0.2, 0.25) is 0 Å². The lowest BCUT2D eigenvalue weighted by atomic mass is 9.91. The van der Waals surface area contributed by atoms with E-state index in [1.165, 1.54) is 12.1 Å². The summed E-state index contributed by atoms with van der Waals surface area (Å²) in [5.41, 5.74) is 1.37. The van der Waals surface area contributed by atoms with Crippen LogP contribution in [-0.4, -0.2) is 53.3 Å². The first-order valence-electron chi connectivity index (χ1n) is 9.27. The molecule has 0 radical (unpaired) electrons. The van der Waals surface area contributed by atoms with Gasteiger partial charge in [-0.15, -0.1) is 0 Å². The molecule has 2 heterocycles. The van der Waals surface area contributed by atoms with Gasteiger partial charge in [-0.25, -0.2) is 14.0 Å². The fraction of sp³-hybridized carbons (Fsp3) is 0.450. The summed E-state index contributed by atoms with van der Waals surface area (Å²) in [4.78, 5) is 24.1. The molecule has 0 saturated carbocycles. The molecule has 1 N–H and O–H groups in total. The molecule has 0 amide bonds. The topological polar surface area (TPSA) is 92.9 Å². The van der Waals surface area contributed by atoms with E-state index in [0.717, 1.165) is 55.7 Å². The maximum atomic E-state index is 13.3. The normalized spacial score (nSPS) is 17.2. The lowest BCUT2D eigenvalue weighted by molar-refractivity contribution is -0.140. The summed E-state index contributed by atoms with van der Waals surface area (Å²) in [6.45, 7) is 4.78. The number of carbonyl (C=O) groups excluding carboxylic acids is 1. The van der Waals surface area contributed by atoms with Gasteiger partial charge in [0.05, 0.1) is 12.3 Å². The Hall–Kier alpha value is -2.74. The predicted octanol–water partition coefficient (Wildman–Crippen LogP) is 2.97. The van der Waals surface area contributed by atoms with E-state index in [9.17, 15) is 14.0 Å². The van der Waals surface area contributed by atoms with Crippen LogP contribution in [0.5, 0.6) is 0 Å². The van der Waals surface area contributed by atoms with Gasteiger partial charge in [0.2, 0.25) is 0 Å². The molecular formula is C20H23FN2O5. The molecule has 0 aliphatic carbocycles. The van der Waals surface area contributed by atoms with Crippen molar-refractivity contribution in [2.45, 2.75) is 25.7 Å². The van der Waals surface area contributed by atoms with E-state index in [1.807, 2.05) is 6.92 Å². The highest BCUT2D eigenvalue weighted by Crippen LogP contribution is 2.32. The molecule has 1 atom stereocenters. The van der Waals surface area contributed by atoms with Gasteiger partial charge >= 0.3 is 11.9 Å². The van der Waals surface area contributed by atoms with Gasteiger partial charge in [-0.2, -0.15) is 0 Å². The Kier molecular flexibility index (Phi) is 6.41. The summed E-state index contributed by atoms with van der Waals surface area (Å²) < 4.78 is 23.6. The summed E-state index contributed by atoms with van der Waals surface area (Å²) in [6.07, 6.45) is 3.52. The van der Waals surface area contributed by atoms with Crippen LogP contribution in [-0.2, 0) is 14.3 Å². The summed E-state index contributed by atoms with van der Waals surface area (Å²) in [5, 5.41) is 13.5. The van der Waals surface area contributed by atoms with Crippen LogP contribution in [0, 0.1) is 11.7 Å². The highest BCUT2D eigenvalue weighted by molar-refractivity contribution is 5.90. The number of carbonyl (C=O) groups is 2. The third-order valence-corrected chi connectivity index (χ3v) is 4.88. The van der Waals surface area contributed by atoms with E-state index in [1.54, 1.807) is 6.07 Å². The molecular weight excluding hydrogens is 367 g/mol. The van der Waals surface area contributed by atoms with E-state index < -0.39 is 11.9 Å². The second-order valence-corrected chi connectivity index (χ2v) is 7.19. The first-order chi connectivity index (χ1) is 13.4. The molecule has 28 heavy (non-hydrogen) atoms. The number of aromatic nitrogens is 1. The Bertz CT molecular complexity index is 871. The Balaban J connectivity index is 1.46. The summed E-state index contributed by atoms with van der Waals surface area (Å²) in [5.74, 6) is -1.76. The fourth-order valence-corrected chi connectivity index (χ4v) is 3.52. The number of carboxylic acid groups (broad SMARTS) is 1. The lowest BCUT2D eigenvalue weighted by Crippen LogP contribution is -2.37. The summed E-state index contributed by atoms with van der Waals surface area (Å²) >= 11 is 0. The monoisotopic (exact) mass is 390 g/mol. The minimum absolute atomic E-state index is 0.134. The fourth-order valence-electron chi connectivity index (χ4n) is 3.52. The van der Waals surface area contributed by atoms with Crippen LogP contribution in [0.15, 0.2) is 34.9 Å². The number of carboxylic acids is 1. The SMILES string of the molecule is C[C@@H](COC(=O)/C=C/C(=O)O)CN1CCC(c2noc3cc(F)ccc23)CC1. The van der Waals surface area contributed by atoms with Gasteiger partial charge in [0.1, 0.15) is 5.82 Å². The number of hydrogen-bond donors (Lipinski definition) is 1. The summed E-state index contributed by atoms with van der Waals surface area (Å²) in [6, 6.07) is 4.50. The number of likely N-dealkylation sites (tertiary alicyclic amines) is 1. The Morgan fingerprint density at radius 3 is 2.86 bits per heavy atom. The number of hydrogen-bond acceptors (Lipinski definition) is 6. The first-order valence-corrected chi connectivity index (χ1v) is 9.27. The van der Waals surface area contributed by atoms with E-state index in [4.69, 9.17) is 14.4 Å². The van der Waals surface area contributed by atoms with Gasteiger partial charge in [-0.1, -0.05) is 12.1 Å². The average Bonchev–Trinajstić information content (AvgIpc) is 3.08. The van der Waals surface area contributed by atoms with Crippen LogP contribution in [0.4, 0.5) is 4.39 Å². The van der Waals surface area contributed by atoms with Crippen molar-refractivity contribution in [1.29, 1.82) is 0 Å². The number of esters is 1. The number of nitrogens with zero attached hydrogens (tertiary/aromatic N) is 2. The number of aliphatic carboxylic acids is 1.